The van der Waals surface area contributed by atoms with Crippen molar-refractivity contribution in [2.45, 2.75) is 45.4 Å². The Bertz CT molecular complexity index is 558. The van der Waals surface area contributed by atoms with Gasteiger partial charge in [0.2, 0.25) is 0 Å². The average molecular weight is 294 g/mol. The van der Waals surface area contributed by atoms with Gasteiger partial charge in [-0.2, -0.15) is 0 Å². The van der Waals surface area contributed by atoms with Crippen molar-refractivity contribution in [1.82, 2.24) is 0 Å². The summed E-state index contributed by atoms with van der Waals surface area (Å²) in [5, 5.41) is 18.9. The van der Waals surface area contributed by atoms with E-state index in [9.17, 15) is 19.8 Å². The molecule has 0 radical (unpaired) electrons. The largest absolute Gasteiger partial charge is 0.494 e. The Kier molecular flexibility index (Phi) is 4.66. The maximum absolute atomic E-state index is 11.6. The topological polar surface area (TPSA) is 83.8 Å². The molecule has 5 heteroatoms. The highest BCUT2D eigenvalue weighted by Gasteiger charge is 2.39. The van der Waals surface area contributed by atoms with Crippen LogP contribution in [-0.4, -0.2) is 28.8 Å². The fraction of sp³-hybridized carbons (Fsp3) is 0.500. The summed E-state index contributed by atoms with van der Waals surface area (Å²) >= 11 is 0. The SMILES string of the molecule is CCOc1ccc(C(C)(C)C(=O)O)c(C(C)(C)C(=O)O)c1. The standard InChI is InChI=1S/C16H22O5/c1-6-21-10-7-8-11(15(2,3)13(17)18)12(9-10)16(4,5)14(19)20/h7-9H,6H2,1-5H3,(H,17,18)(H,19,20). The van der Waals surface area contributed by atoms with Gasteiger partial charge in [-0.15, -0.1) is 0 Å². The third-order valence-corrected chi connectivity index (χ3v) is 3.72. The molecule has 0 unspecified atom stereocenters. The minimum absolute atomic E-state index is 0.452. The first-order valence-corrected chi connectivity index (χ1v) is 6.79. The maximum Gasteiger partial charge on any atom is 0.313 e. The lowest BCUT2D eigenvalue weighted by Crippen LogP contribution is -2.36. The molecule has 116 valence electrons. The molecule has 1 aromatic rings. The fourth-order valence-corrected chi connectivity index (χ4v) is 2.07. The van der Waals surface area contributed by atoms with Crippen LogP contribution in [0.1, 0.15) is 45.7 Å². The average Bonchev–Trinajstić information content (AvgIpc) is 2.38. The van der Waals surface area contributed by atoms with Crippen LogP contribution in [0.4, 0.5) is 0 Å². The fourth-order valence-electron chi connectivity index (χ4n) is 2.07. The maximum atomic E-state index is 11.6. The number of aliphatic carboxylic acids is 2. The highest BCUT2D eigenvalue weighted by Crippen LogP contribution is 2.37. The summed E-state index contributed by atoms with van der Waals surface area (Å²) in [5.41, 5.74) is -1.47. The third kappa shape index (κ3) is 3.17. The number of carboxylic acid groups (broad SMARTS) is 2. The molecule has 1 rings (SSSR count). The van der Waals surface area contributed by atoms with Crippen LogP contribution in [0.25, 0.3) is 0 Å². The van der Waals surface area contributed by atoms with Crippen molar-refractivity contribution < 1.29 is 24.5 Å². The lowest BCUT2D eigenvalue weighted by atomic mass is 9.73. The zero-order valence-electron chi connectivity index (χ0n) is 13.1. The molecule has 2 N–H and O–H groups in total. The number of rotatable bonds is 6. The van der Waals surface area contributed by atoms with Crippen molar-refractivity contribution in [2.24, 2.45) is 0 Å². The molecule has 0 spiro atoms. The molecule has 1 aromatic carbocycles. The second kappa shape index (κ2) is 5.76. The Balaban J connectivity index is 3.59. The van der Waals surface area contributed by atoms with Gasteiger partial charge in [0.1, 0.15) is 5.75 Å². The molecule has 21 heavy (non-hydrogen) atoms. The van der Waals surface area contributed by atoms with E-state index in [0.717, 1.165) is 0 Å². The molecule has 0 heterocycles. The van der Waals surface area contributed by atoms with Gasteiger partial charge in [0.05, 0.1) is 17.4 Å². The molecule has 0 aromatic heterocycles. The monoisotopic (exact) mass is 294 g/mol. The van der Waals surface area contributed by atoms with Crippen molar-refractivity contribution in [3.8, 4) is 5.75 Å². The number of carboxylic acids is 2. The van der Waals surface area contributed by atoms with E-state index in [1.165, 1.54) is 0 Å². The number of hydrogen-bond acceptors (Lipinski definition) is 3. The number of ether oxygens (including phenoxy) is 1. The second-order valence-electron chi connectivity index (χ2n) is 6.00. The van der Waals surface area contributed by atoms with Crippen LogP contribution in [0, 0.1) is 0 Å². The van der Waals surface area contributed by atoms with Gasteiger partial charge >= 0.3 is 11.9 Å². The van der Waals surface area contributed by atoms with E-state index in [1.807, 2.05) is 6.92 Å². The summed E-state index contributed by atoms with van der Waals surface area (Å²) < 4.78 is 5.41. The molecule has 0 saturated carbocycles. The predicted octanol–water partition coefficient (Wildman–Crippen LogP) is 2.81. The zero-order valence-corrected chi connectivity index (χ0v) is 13.1. The molecule has 0 atom stereocenters. The minimum atomic E-state index is -1.21. The smallest absolute Gasteiger partial charge is 0.313 e. The number of carbonyl (C=O) groups is 2. The van der Waals surface area contributed by atoms with Crippen LogP contribution >= 0.6 is 0 Å². The van der Waals surface area contributed by atoms with E-state index < -0.39 is 22.8 Å². The predicted molar refractivity (Wildman–Crippen MR) is 78.9 cm³/mol. The molecular formula is C16H22O5. The molecule has 0 aliphatic heterocycles. The van der Waals surface area contributed by atoms with Crippen molar-refractivity contribution in [1.29, 1.82) is 0 Å². The van der Waals surface area contributed by atoms with Gasteiger partial charge in [-0.1, -0.05) is 6.07 Å². The summed E-state index contributed by atoms with van der Waals surface area (Å²) in [4.78, 5) is 23.1. The molecule has 0 aliphatic rings. The Morgan fingerprint density at radius 2 is 1.48 bits per heavy atom. The van der Waals surface area contributed by atoms with Crippen LogP contribution in [0.2, 0.25) is 0 Å². The first-order chi connectivity index (χ1) is 9.55. The molecule has 0 bridgehead atoms. The first kappa shape index (κ1) is 17.0. The molecule has 0 fully saturated rings. The zero-order chi connectivity index (χ0) is 16.4. The van der Waals surface area contributed by atoms with Gasteiger partial charge in [0.25, 0.3) is 0 Å². The van der Waals surface area contributed by atoms with E-state index in [1.54, 1.807) is 45.9 Å². The van der Waals surface area contributed by atoms with Crippen molar-refractivity contribution in [3.63, 3.8) is 0 Å². The molecule has 0 saturated heterocycles. The summed E-state index contributed by atoms with van der Waals surface area (Å²) in [6.45, 7) is 8.52. The van der Waals surface area contributed by atoms with Crippen molar-refractivity contribution >= 4 is 11.9 Å². The van der Waals surface area contributed by atoms with Crippen LogP contribution in [-0.2, 0) is 20.4 Å². The Morgan fingerprint density at radius 3 is 1.90 bits per heavy atom. The van der Waals surface area contributed by atoms with Crippen LogP contribution < -0.4 is 4.74 Å². The summed E-state index contributed by atoms with van der Waals surface area (Å²) in [6, 6.07) is 4.93. The Hall–Kier alpha value is -2.04. The van der Waals surface area contributed by atoms with Gasteiger partial charge in [0.15, 0.2) is 0 Å². The Labute approximate surface area is 124 Å². The van der Waals surface area contributed by atoms with Crippen molar-refractivity contribution in [3.05, 3.63) is 29.3 Å². The summed E-state index contributed by atoms with van der Waals surface area (Å²) in [5.74, 6) is -1.49. The molecular weight excluding hydrogens is 272 g/mol. The lowest BCUT2D eigenvalue weighted by Gasteiger charge is -2.30. The highest BCUT2D eigenvalue weighted by atomic mass is 16.5. The lowest BCUT2D eigenvalue weighted by molar-refractivity contribution is -0.144. The van der Waals surface area contributed by atoms with E-state index in [0.29, 0.717) is 23.5 Å². The third-order valence-electron chi connectivity index (χ3n) is 3.72. The molecule has 0 aliphatic carbocycles. The van der Waals surface area contributed by atoms with E-state index in [2.05, 4.69) is 0 Å². The van der Waals surface area contributed by atoms with Crippen molar-refractivity contribution in [2.75, 3.05) is 6.61 Å². The Morgan fingerprint density at radius 1 is 1.00 bits per heavy atom. The van der Waals surface area contributed by atoms with Crippen LogP contribution in [0.15, 0.2) is 18.2 Å². The van der Waals surface area contributed by atoms with Gasteiger partial charge < -0.3 is 14.9 Å². The first-order valence-electron chi connectivity index (χ1n) is 6.79. The summed E-state index contributed by atoms with van der Waals surface area (Å²) in [7, 11) is 0. The van der Waals surface area contributed by atoms with E-state index in [4.69, 9.17) is 4.74 Å². The molecule has 5 nitrogen and oxygen atoms in total. The number of hydrogen-bond donors (Lipinski definition) is 2. The normalized spacial score (nSPS) is 12.0. The summed E-state index contributed by atoms with van der Waals surface area (Å²) in [6.07, 6.45) is 0. The second-order valence-corrected chi connectivity index (χ2v) is 6.00. The van der Waals surface area contributed by atoms with Gasteiger partial charge in [-0.25, -0.2) is 0 Å². The van der Waals surface area contributed by atoms with E-state index >= 15 is 0 Å². The van der Waals surface area contributed by atoms with Gasteiger partial charge in [0, 0.05) is 0 Å². The van der Waals surface area contributed by atoms with Crippen LogP contribution in [0.3, 0.4) is 0 Å². The molecule has 0 amide bonds. The quantitative estimate of drug-likeness (QED) is 0.842. The highest BCUT2D eigenvalue weighted by molar-refractivity contribution is 5.85. The minimum Gasteiger partial charge on any atom is -0.494 e. The number of benzene rings is 1. The van der Waals surface area contributed by atoms with Gasteiger partial charge in [-0.05, 0) is 57.9 Å². The van der Waals surface area contributed by atoms with Crippen LogP contribution in [0.5, 0.6) is 5.75 Å². The van der Waals surface area contributed by atoms with E-state index in [-0.39, 0.29) is 0 Å². The van der Waals surface area contributed by atoms with Gasteiger partial charge in [-0.3, -0.25) is 9.59 Å².